The third-order valence-electron chi connectivity index (χ3n) is 5.00. The van der Waals surface area contributed by atoms with Crippen LogP contribution in [0.5, 0.6) is 0 Å². The predicted molar refractivity (Wildman–Crippen MR) is 70.1 cm³/mol. The van der Waals surface area contributed by atoms with Gasteiger partial charge in [0.05, 0.1) is 11.7 Å². The SMILES string of the molecule is Cc1cc(C(F)(F)F)ccc1C(O)C1C2CCCCC21. The lowest BCUT2D eigenvalue weighted by Crippen LogP contribution is -2.09. The van der Waals surface area contributed by atoms with Crippen molar-refractivity contribution >= 4 is 0 Å². The summed E-state index contributed by atoms with van der Waals surface area (Å²) in [6, 6.07) is 3.68. The summed E-state index contributed by atoms with van der Waals surface area (Å²) in [6.45, 7) is 1.65. The number of fused-ring (bicyclic) bond motifs is 1. The van der Waals surface area contributed by atoms with E-state index in [-0.39, 0.29) is 5.92 Å². The van der Waals surface area contributed by atoms with Crippen molar-refractivity contribution in [1.29, 1.82) is 0 Å². The smallest absolute Gasteiger partial charge is 0.388 e. The van der Waals surface area contributed by atoms with Crippen LogP contribution in [0.1, 0.15) is 48.5 Å². The Labute approximate surface area is 116 Å². The summed E-state index contributed by atoms with van der Waals surface area (Å²) >= 11 is 0. The zero-order chi connectivity index (χ0) is 14.5. The molecule has 3 atom stereocenters. The second-order valence-corrected chi connectivity index (χ2v) is 6.20. The van der Waals surface area contributed by atoms with Gasteiger partial charge in [0.2, 0.25) is 0 Å². The molecule has 20 heavy (non-hydrogen) atoms. The van der Waals surface area contributed by atoms with Crippen LogP contribution >= 0.6 is 0 Å². The molecule has 2 aliphatic carbocycles. The van der Waals surface area contributed by atoms with Crippen LogP contribution in [-0.4, -0.2) is 5.11 Å². The third kappa shape index (κ3) is 2.34. The van der Waals surface area contributed by atoms with Gasteiger partial charge in [-0.15, -0.1) is 0 Å². The van der Waals surface area contributed by atoms with Gasteiger partial charge in [0, 0.05) is 0 Å². The Balaban J connectivity index is 1.80. The van der Waals surface area contributed by atoms with E-state index in [1.807, 2.05) is 0 Å². The number of aliphatic hydroxyl groups excluding tert-OH is 1. The van der Waals surface area contributed by atoms with Gasteiger partial charge in [-0.1, -0.05) is 18.9 Å². The van der Waals surface area contributed by atoms with Crippen LogP contribution in [0.3, 0.4) is 0 Å². The second kappa shape index (κ2) is 4.76. The molecule has 1 aromatic carbocycles. The van der Waals surface area contributed by atoms with Crippen molar-refractivity contribution in [2.24, 2.45) is 17.8 Å². The summed E-state index contributed by atoms with van der Waals surface area (Å²) in [4.78, 5) is 0. The van der Waals surface area contributed by atoms with Gasteiger partial charge in [-0.2, -0.15) is 13.2 Å². The molecule has 4 heteroatoms. The Hall–Kier alpha value is -1.03. The van der Waals surface area contributed by atoms with Crippen molar-refractivity contribution in [3.05, 3.63) is 34.9 Å². The molecule has 1 aromatic rings. The Morgan fingerprint density at radius 1 is 1.15 bits per heavy atom. The summed E-state index contributed by atoms with van der Waals surface area (Å²) < 4.78 is 38.0. The van der Waals surface area contributed by atoms with E-state index in [1.165, 1.54) is 18.9 Å². The number of hydrogen-bond donors (Lipinski definition) is 1. The summed E-state index contributed by atoms with van der Waals surface area (Å²) in [5.41, 5.74) is 0.563. The van der Waals surface area contributed by atoms with Gasteiger partial charge >= 0.3 is 6.18 Å². The van der Waals surface area contributed by atoms with Crippen LogP contribution in [0.25, 0.3) is 0 Å². The first-order valence-electron chi connectivity index (χ1n) is 7.25. The van der Waals surface area contributed by atoms with Gasteiger partial charge in [0.15, 0.2) is 0 Å². The molecule has 1 nitrogen and oxygen atoms in total. The molecule has 2 saturated carbocycles. The number of halogens is 3. The fourth-order valence-corrected chi connectivity index (χ4v) is 3.91. The number of alkyl halides is 3. The first-order chi connectivity index (χ1) is 9.39. The quantitative estimate of drug-likeness (QED) is 0.848. The first kappa shape index (κ1) is 13.9. The van der Waals surface area contributed by atoms with E-state index in [1.54, 1.807) is 6.92 Å². The highest BCUT2D eigenvalue weighted by Gasteiger charge is 2.54. The summed E-state index contributed by atoms with van der Waals surface area (Å²) in [7, 11) is 0. The van der Waals surface area contributed by atoms with E-state index < -0.39 is 17.8 Å². The van der Waals surface area contributed by atoms with Crippen molar-refractivity contribution in [2.75, 3.05) is 0 Å². The topological polar surface area (TPSA) is 20.2 Å². The monoisotopic (exact) mass is 284 g/mol. The minimum absolute atomic E-state index is 0.257. The highest BCUT2D eigenvalue weighted by Crippen LogP contribution is 2.60. The maximum atomic E-state index is 12.7. The minimum Gasteiger partial charge on any atom is -0.388 e. The van der Waals surface area contributed by atoms with Gasteiger partial charge in [-0.3, -0.25) is 0 Å². The number of benzene rings is 1. The Morgan fingerprint density at radius 3 is 2.25 bits per heavy atom. The van der Waals surface area contributed by atoms with Crippen molar-refractivity contribution in [2.45, 2.75) is 44.9 Å². The number of aryl methyl sites for hydroxylation is 1. The molecule has 0 amide bonds. The van der Waals surface area contributed by atoms with Crippen LogP contribution < -0.4 is 0 Å². The molecule has 3 unspecified atom stereocenters. The molecule has 1 N–H and O–H groups in total. The Kier molecular flexibility index (Phi) is 3.32. The van der Waals surface area contributed by atoms with E-state index in [4.69, 9.17) is 0 Å². The Bertz CT molecular complexity index is 497. The van der Waals surface area contributed by atoms with Crippen molar-refractivity contribution in [3.63, 3.8) is 0 Å². The maximum absolute atomic E-state index is 12.7. The summed E-state index contributed by atoms with van der Waals surface area (Å²) in [6.07, 6.45) is -0.169. The van der Waals surface area contributed by atoms with E-state index in [0.29, 0.717) is 23.0 Å². The lowest BCUT2D eigenvalue weighted by atomic mass is 9.96. The van der Waals surface area contributed by atoms with Gasteiger partial charge in [-0.05, 0) is 60.8 Å². The fraction of sp³-hybridized carbons (Fsp3) is 0.625. The molecule has 2 fully saturated rings. The zero-order valence-electron chi connectivity index (χ0n) is 11.5. The van der Waals surface area contributed by atoms with E-state index >= 15 is 0 Å². The van der Waals surface area contributed by atoms with Gasteiger partial charge < -0.3 is 5.11 Å². The van der Waals surface area contributed by atoms with Gasteiger partial charge in [0.1, 0.15) is 0 Å². The highest BCUT2D eigenvalue weighted by molar-refractivity contribution is 5.35. The largest absolute Gasteiger partial charge is 0.416 e. The molecule has 2 aliphatic rings. The van der Waals surface area contributed by atoms with Crippen molar-refractivity contribution in [1.82, 2.24) is 0 Å². The van der Waals surface area contributed by atoms with Gasteiger partial charge in [-0.25, -0.2) is 0 Å². The molecule has 0 radical (unpaired) electrons. The molecule has 0 saturated heterocycles. The normalized spacial score (nSPS) is 30.8. The summed E-state index contributed by atoms with van der Waals surface area (Å²) in [5.74, 6) is 1.42. The zero-order valence-corrected chi connectivity index (χ0v) is 11.5. The van der Waals surface area contributed by atoms with Crippen LogP contribution in [0.2, 0.25) is 0 Å². The molecular weight excluding hydrogens is 265 g/mol. The lowest BCUT2D eigenvalue weighted by Gasteiger charge is -2.16. The Morgan fingerprint density at radius 2 is 1.75 bits per heavy atom. The lowest BCUT2D eigenvalue weighted by molar-refractivity contribution is -0.137. The fourth-order valence-electron chi connectivity index (χ4n) is 3.91. The molecule has 110 valence electrons. The molecular formula is C16H19F3O. The molecule has 0 spiro atoms. The summed E-state index contributed by atoms with van der Waals surface area (Å²) in [5, 5.41) is 10.5. The molecule has 0 aromatic heterocycles. The van der Waals surface area contributed by atoms with Crippen LogP contribution in [0, 0.1) is 24.7 Å². The number of hydrogen-bond acceptors (Lipinski definition) is 1. The molecule has 0 bridgehead atoms. The van der Waals surface area contributed by atoms with E-state index in [2.05, 4.69) is 0 Å². The van der Waals surface area contributed by atoms with E-state index in [0.717, 1.165) is 25.0 Å². The van der Waals surface area contributed by atoms with Crippen molar-refractivity contribution in [3.8, 4) is 0 Å². The number of rotatable bonds is 2. The van der Waals surface area contributed by atoms with Crippen LogP contribution in [0.4, 0.5) is 13.2 Å². The molecule has 0 heterocycles. The molecule has 3 rings (SSSR count). The first-order valence-corrected chi connectivity index (χ1v) is 7.25. The molecule has 0 aliphatic heterocycles. The second-order valence-electron chi connectivity index (χ2n) is 6.20. The highest BCUT2D eigenvalue weighted by atomic mass is 19.4. The third-order valence-corrected chi connectivity index (χ3v) is 5.00. The van der Waals surface area contributed by atoms with Crippen LogP contribution in [0.15, 0.2) is 18.2 Å². The van der Waals surface area contributed by atoms with E-state index in [9.17, 15) is 18.3 Å². The minimum atomic E-state index is -4.32. The predicted octanol–water partition coefficient (Wildman–Crippen LogP) is 4.48. The average Bonchev–Trinajstić information content (AvgIpc) is 3.11. The standard InChI is InChI=1S/C16H19F3O/c1-9-8-10(16(17,18)19)6-7-11(9)15(20)14-12-4-2-3-5-13(12)14/h6-8,12-15,20H,2-5H2,1H3. The van der Waals surface area contributed by atoms with Gasteiger partial charge in [0.25, 0.3) is 0 Å². The maximum Gasteiger partial charge on any atom is 0.416 e. The van der Waals surface area contributed by atoms with Crippen molar-refractivity contribution < 1.29 is 18.3 Å². The van der Waals surface area contributed by atoms with Crippen LogP contribution in [-0.2, 0) is 6.18 Å². The number of aliphatic hydroxyl groups is 1. The average molecular weight is 284 g/mol.